The topological polar surface area (TPSA) is 70.7 Å². The molecule has 0 unspecified atom stereocenters. The van der Waals surface area contributed by atoms with Gasteiger partial charge in [0.05, 0.1) is 29.9 Å². The highest BCUT2D eigenvalue weighted by molar-refractivity contribution is 5.97. The Labute approximate surface area is 213 Å². The molecule has 1 aliphatic carbocycles. The first-order valence-corrected chi connectivity index (χ1v) is 12.0. The summed E-state index contributed by atoms with van der Waals surface area (Å²) in [5, 5.41) is 4.01. The molecular weight excluding hydrogens is 514 g/mol. The van der Waals surface area contributed by atoms with Crippen molar-refractivity contribution >= 4 is 10.9 Å². The summed E-state index contributed by atoms with van der Waals surface area (Å²) < 4.78 is 90.3. The summed E-state index contributed by atoms with van der Waals surface area (Å²) in [4.78, 5) is 12.2. The Morgan fingerprint density at radius 1 is 1.03 bits per heavy atom. The van der Waals surface area contributed by atoms with Gasteiger partial charge in [-0.1, -0.05) is 0 Å². The van der Waals surface area contributed by atoms with Crippen LogP contribution in [0.25, 0.3) is 22.2 Å². The average Bonchev–Trinajstić information content (AvgIpc) is 3.41. The number of hydrogen-bond acceptors (Lipinski definition) is 5. The van der Waals surface area contributed by atoms with Gasteiger partial charge in [0.2, 0.25) is 5.88 Å². The fourth-order valence-electron chi connectivity index (χ4n) is 4.95. The summed E-state index contributed by atoms with van der Waals surface area (Å²) in [6.45, 7) is 1.84. The van der Waals surface area contributed by atoms with Crippen molar-refractivity contribution in [2.45, 2.75) is 57.6 Å². The van der Waals surface area contributed by atoms with E-state index in [0.29, 0.717) is 5.52 Å². The van der Waals surface area contributed by atoms with Gasteiger partial charge in [-0.05, 0) is 38.7 Å². The van der Waals surface area contributed by atoms with E-state index in [-0.39, 0.29) is 60.6 Å². The molecule has 4 aromatic heterocycles. The van der Waals surface area contributed by atoms with Crippen LogP contribution in [0.1, 0.15) is 42.8 Å². The molecule has 0 N–H and O–H groups in total. The lowest BCUT2D eigenvalue weighted by atomic mass is 9.87. The Balaban J connectivity index is 1.52. The van der Waals surface area contributed by atoms with Crippen LogP contribution in [0.5, 0.6) is 5.88 Å². The maximum absolute atomic E-state index is 14.0. The highest BCUT2D eigenvalue weighted by Gasteiger charge is 2.42. The Hall–Kier alpha value is -3.64. The molecule has 202 valence electrons. The minimum absolute atomic E-state index is 0.0481. The monoisotopic (exact) mass is 538 g/mol. The molecule has 5 rings (SSSR count). The minimum atomic E-state index is -4.72. The molecule has 0 bridgehead atoms. The first kappa shape index (κ1) is 26.0. The number of pyridine rings is 1. The van der Waals surface area contributed by atoms with E-state index >= 15 is 0 Å². The zero-order valence-electron chi connectivity index (χ0n) is 20.5. The number of aromatic nitrogens is 6. The molecular formula is C25H24F6N6O. The molecule has 0 radical (unpaired) electrons. The van der Waals surface area contributed by atoms with Crippen LogP contribution in [0.3, 0.4) is 0 Å². The van der Waals surface area contributed by atoms with Crippen LogP contribution in [0.4, 0.5) is 26.3 Å². The van der Waals surface area contributed by atoms with Gasteiger partial charge in [-0.3, -0.25) is 9.67 Å². The molecule has 13 heteroatoms. The van der Waals surface area contributed by atoms with Crippen LogP contribution >= 0.6 is 0 Å². The third-order valence-electron chi connectivity index (χ3n) is 6.69. The molecule has 1 aliphatic rings. The van der Waals surface area contributed by atoms with Gasteiger partial charge in [0.1, 0.15) is 11.9 Å². The van der Waals surface area contributed by atoms with E-state index in [0.717, 1.165) is 11.8 Å². The van der Waals surface area contributed by atoms with Crippen LogP contribution in [-0.4, -0.2) is 41.6 Å². The van der Waals surface area contributed by atoms with Crippen LogP contribution in [0.15, 0.2) is 36.9 Å². The Morgan fingerprint density at radius 2 is 1.76 bits per heavy atom. The highest BCUT2D eigenvalue weighted by atomic mass is 19.4. The molecule has 0 aliphatic heterocycles. The number of nitrogens with zero attached hydrogens (tertiary/aromatic N) is 6. The van der Waals surface area contributed by atoms with Gasteiger partial charge >= 0.3 is 12.4 Å². The Kier molecular flexibility index (Phi) is 6.56. The van der Waals surface area contributed by atoms with E-state index in [4.69, 9.17) is 4.74 Å². The SMILES string of the molecule is Cc1nc(OC2CCC(C(F)(F)F)CC2)cc(-c2cn(Cc3cnn(C)c3)c3ccnc(C(F)(F)F)c23)n1. The molecule has 0 atom stereocenters. The molecule has 4 heterocycles. The second-order valence-electron chi connectivity index (χ2n) is 9.52. The third-order valence-corrected chi connectivity index (χ3v) is 6.69. The van der Waals surface area contributed by atoms with Gasteiger partial charge in [0.15, 0.2) is 5.69 Å². The predicted molar refractivity (Wildman–Crippen MR) is 125 cm³/mol. The first-order chi connectivity index (χ1) is 17.9. The molecule has 1 saturated carbocycles. The van der Waals surface area contributed by atoms with Gasteiger partial charge < -0.3 is 9.30 Å². The number of aryl methyl sites for hydroxylation is 2. The lowest BCUT2D eigenvalue weighted by Gasteiger charge is -2.29. The standard InChI is InChI=1S/C25H24F6N6O/c1-14-34-19(9-21(35-14)38-17-5-3-16(4-6-17)24(26,27)28)18-13-37(12-15-10-33-36(2)11-15)20-7-8-32-23(22(18)20)25(29,30)31/h7-11,13,16-17H,3-6,12H2,1-2H3. The van der Waals surface area contributed by atoms with E-state index in [1.807, 2.05) is 0 Å². The summed E-state index contributed by atoms with van der Waals surface area (Å²) >= 11 is 0. The summed E-state index contributed by atoms with van der Waals surface area (Å²) in [7, 11) is 1.75. The number of ether oxygens (including phenoxy) is 1. The maximum Gasteiger partial charge on any atom is 0.434 e. The molecule has 4 aromatic rings. The number of halogens is 6. The minimum Gasteiger partial charge on any atom is -0.474 e. The zero-order valence-corrected chi connectivity index (χ0v) is 20.5. The molecule has 0 saturated heterocycles. The van der Waals surface area contributed by atoms with E-state index in [1.165, 1.54) is 12.1 Å². The lowest BCUT2D eigenvalue weighted by molar-refractivity contribution is -0.185. The van der Waals surface area contributed by atoms with Crippen molar-refractivity contribution in [2.24, 2.45) is 13.0 Å². The quantitative estimate of drug-likeness (QED) is 0.287. The van der Waals surface area contributed by atoms with Crippen molar-refractivity contribution in [1.29, 1.82) is 0 Å². The van der Waals surface area contributed by atoms with E-state index in [9.17, 15) is 26.3 Å². The number of hydrogen-bond donors (Lipinski definition) is 0. The first-order valence-electron chi connectivity index (χ1n) is 12.0. The smallest absolute Gasteiger partial charge is 0.434 e. The normalized spacial score (nSPS) is 18.7. The fourth-order valence-corrected chi connectivity index (χ4v) is 4.95. The van der Waals surface area contributed by atoms with Crippen molar-refractivity contribution in [3.05, 3.63) is 54.0 Å². The van der Waals surface area contributed by atoms with Gasteiger partial charge in [-0.25, -0.2) is 4.98 Å². The van der Waals surface area contributed by atoms with E-state index in [1.54, 1.807) is 41.8 Å². The van der Waals surface area contributed by atoms with E-state index in [2.05, 4.69) is 20.1 Å². The van der Waals surface area contributed by atoms with Crippen molar-refractivity contribution in [3.8, 4) is 17.1 Å². The van der Waals surface area contributed by atoms with Gasteiger partial charge in [0.25, 0.3) is 0 Å². The second-order valence-corrected chi connectivity index (χ2v) is 9.52. The maximum atomic E-state index is 14.0. The summed E-state index contributed by atoms with van der Waals surface area (Å²) in [5.41, 5.74) is 0.457. The second kappa shape index (κ2) is 9.59. The zero-order chi connectivity index (χ0) is 27.2. The third kappa shape index (κ3) is 5.32. The summed E-state index contributed by atoms with van der Waals surface area (Å²) in [6, 6.07) is 2.94. The van der Waals surface area contributed by atoms with Crippen molar-refractivity contribution < 1.29 is 31.1 Å². The van der Waals surface area contributed by atoms with Gasteiger partial charge in [-0.2, -0.15) is 36.4 Å². The number of rotatable bonds is 5. The van der Waals surface area contributed by atoms with E-state index < -0.39 is 30.1 Å². The Bertz CT molecular complexity index is 1450. The molecule has 0 spiro atoms. The lowest BCUT2D eigenvalue weighted by Crippen LogP contribution is -2.32. The van der Waals surface area contributed by atoms with Gasteiger partial charge in [0, 0.05) is 48.2 Å². The summed E-state index contributed by atoms with van der Waals surface area (Å²) in [6.07, 6.45) is -3.02. The molecule has 38 heavy (non-hydrogen) atoms. The van der Waals surface area contributed by atoms with Crippen molar-refractivity contribution in [1.82, 2.24) is 29.3 Å². The average molecular weight is 538 g/mol. The molecule has 0 aromatic carbocycles. The number of fused-ring (bicyclic) bond motifs is 1. The Morgan fingerprint density at radius 3 is 2.39 bits per heavy atom. The van der Waals surface area contributed by atoms with Gasteiger partial charge in [-0.15, -0.1) is 0 Å². The summed E-state index contributed by atoms with van der Waals surface area (Å²) in [5.74, 6) is -0.995. The van der Waals surface area contributed by atoms with Crippen molar-refractivity contribution in [3.63, 3.8) is 0 Å². The van der Waals surface area contributed by atoms with Crippen LogP contribution in [-0.2, 0) is 19.8 Å². The van der Waals surface area contributed by atoms with Crippen molar-refractivity contribution in [2.75, 3.05) is 0 Å². The highest BCUT2D eigenvalue weighted by Crippen LogP contribution is 2.41. The largest absolute Gasteiger partial charge is 0.474 e. The van der Waals surface area contributed by atoms with Crippen LogP contribution < -0.4 is 4.74 Å². The molecule has 1 fully saturated rings. The fraction of sp³-hybridized carbons (Fsp3) is 0.440. The van der Waals surface area contributed by atoms with Crippen LogP contribution in [0.2, 0.25) is 0 Å². The predicted octanol–water partition coefficient (Wildman–Crippen LogP) is 6.10. The molecule has 7 nitrogen and oxygen atoms in total. The molecule has 0 amide bonds. The number of alkyl halides is 6. The van der Waals surface area contributed by atoms with Crippen LogP contribution in [0, 0.1) is 12.8 Å².